The van der Waals surface area contributed by atoms with E-state index in [1.165, 1.54) is 24.3 Å². The minimum atomic E-state index is -4.08. The molecule has 1 aromatic carbocycles. The smallest absolute Gasteiger partial charge is 0.269 e. The van der Waals surface area contributed by atoms with Gasteiger partial charge in [0.25, 0.3) is 15.8 Å². The van der Waals surface area contributed by atoms with Crippen LogP contribution >= 0.6 is 0 Å². The van der Waals surface area contributed by atoms with Gasteiger partial charge in [0.05, 0.1) is 4.92 Å². The summed E-state index contributed by atoms with van der Waals surface area (Å²) < 4.78 is 29.4. The van der Waals surface area contributed by atoms with E-state index in [1.54, 1.807) is 0 Å². The van der Waals surface area contributed by atoms with Crippen molar-refractivity contribution in [2.24, 2.45) is 0 Å². The largest absolute Gasteiger partial charge is 0.285 e. The predicted molar refractivity (Wildman–Crippen MR) is 54.1 cm³/mol. The minimum Gasteiger partial charge on any atom is -0.285 e. The molecule has 1 rings (SSSR count). The van der Waals surface area contributed by atoms with Gasteiger partial charge in [-0.25, -0.2) is 0 Å². The molecule has 1 N–H and O–H groups in total. The van der Waals surface area contributed by atoms with Crippen LogP contribution in [0.4, 0.5) is 5.69 Å². The van der Waals surface area contributed by atoms with E-state index in [9.17, 15) is 18.5 Å². The van der Waals surface area contributed by atoms with E-state index in [0.717, 1.165) is 0 Å². The van der Waals surface area contributed by atoms with E-state index < -0.39 is 20.8 Å². The second kappa shape index (κ2) is 5.57. The molecule has 0 saturated heterocycles. The Balaban J connectivity index is 0.00000196. The van der Waals surface area contributed by atoms with Crippen LogP contribution in [0.15, 0.2) is 24.3 Å². The van der Waals surface area contributed by atoms with Crippen LogP contribution in [0.1, 0.15) is 5.56 Å². The topological polar surface area (TPSA) is 97.5 Å². The van der Waals surface area contributed by atoms with Crippen molar-refractivity contribution in [3.05, 3.63) is 39.9 Å². The molecule has 0 unspecified atom stereocenters. The molecule has 1 radical (unpaired) electrons. The maximum atomic E-state index is 10.4. The summed E-state index contributed by atoms with van der Waals surface area (Å²) in [6.45, 7) is 0. The van der Waals surface area contributed by atoms with Crippen LogP contribution in [0.25, 0.3) is 0 Å². The summed E-state index contributed by atoms with van der Waals surface area (Å²) in [6.07, 6.45) is 0. The van der Waals surface area contributed by atoms with E-state index in [2.05, 4.69) is 0 Å². The molecular formula is C7H7NNaO5S. The molecule has 0 spiro atoms. The van der Waals surface area contributed by atoms with Crippen molar-refractivity contribution in [2.45, 2.75) is 5.75 Å². The van der Waals surface area contributed by atoms with Crippen molar-refractivity contribution in [3.8, 4) is 0 Å². The van der Waals surface area contributed by atoms with Crippen molar-refractivity contribution in [1.82, 2.24) is 0 Å². The molecule has 0 amide bonds. The molecule has 0 aromatic heterocycles. The maximum absolute atomic E-state index is 10.4. The number of hydrogen-bond donors (Lipinski definition) is 1. The van der Waals surface area contributed by atoms with Crippen molar-refractivity contribution in [3.63, 3.8) is 0 Å². The Labute approximate surface area is 108 Å². The Bertz CT molecular complexity index is 441. The monoisotopic (exact) mass is 240 g/mol. The third kappa shape index (κ3) is 5.24. The number of nitro benzene ring substituents is 1. The van der Waals surface area contributed by atoms with Gasteiger partial charge in [0.1, 0.15) is 5.75 Å². The molecular weight excluding hydrogens is 233 g/mol. The summed E-state index contributed by atoms with van der Waals surface area (Å²) in [5, 5.41) is 10.2. The van der Waals surface area contributed by atoms with Crippen molar-refractivity contribution in [1.29, 1.82) is 0 Å². The molecule has 0 heterocycles. The third-order valence-corrected chi connectivity index (χ3v) is 2.19. The Morgan fingerprint density at radius 2 is 1.73 bits per heavy atom. The first-order chi connectivity index (χ1) is 6.38. The zero-order chi connectivity index (χ0) is 10.8. The van der Waals surface area contributed by atoms with Crippen LogP contribution in [0.2, 0.25) is 0 Å². The van der Waals surface area contributed by atoms with Crippen molar-refractivity contribution >= 4 is 45.4 Å². The average Bonchev–Trinajstić information content (AvgIpc) is 2.02. The maximum Gasteiger partial charge on any atom is 0.269 e. The standard InChI is InChI=1S/C7H7NO5S.Na/c9-8(10)7-3-1-6(2-4-7)5-14(11,12)13;/h1-4H,5H2,(H,11,12,13);. The molecule has 0 bridgehead atoms. The molecule has 0 aliphatic heterocycles. The molecule has 0 aliphatic carbocycles. The van der Waals surface area contributed by atoms with Gasteiger partial charge in [-0.05, 0) is 5.56 Å². The number of hydrogen-bond acceptors (Lipinski definition) is 4. The van der Waals surface area contributed by atoms with Crippen LogP contribution in [0.3, 0.4) is 0 Å². The molecule has 0 fully saturated rings. The second-order valence-electron chi connectivity index (χ2n) is 2.65. The number of non-ortho nitro benzene ring substituents is 1. The van der Waals surface area contributed by atoms with Crippen LogP contribution < -0.4 is 0 Å². The predicted octanol–water partition coefficient (Wildman–Crippen LogP) is 0.602. The SMILES string of the molecule is O=[N+]([O-])c1ccc(CS(=O)(=O)O)cc1.[Na]. The molecule has 6 nitrogen and oxygen atoms in total. The van der Waals surface area contributed by atoms with Gasteiger partial charge in [-0.1, -0.05) is 12.1 Å². The minimum absolute atomic E-state index is 0. The van der Waals surface area contributed by atoms with E-state index in [1.807, 2.05) is 0 Å². The zero-order valence-electron chi connectivity index (χ0n) is 7.95. The van der Waals surface area contributed by atoms with Crippen LogP contribution in [-0.4, -0.2) is 47.5 Å². The molecule has 1 aromatic rings. The zero-order valence-corrected chi connectivity index (χ0v) is 10.8. The molecule has 15 heavy (non-hydrogen) atoms. The van der Waals surface area contributed by atoms with E-state index in [-0.39, 0.29) is 35.2 Å². The molecule has 0 atom stereocenters. The van der Waals surface area contributed by atoms with Gasteiger partial charge in [0.2, 0.25) is 0 Å². The first kappa shape index (κ1) is 14.5. The number of nitrogens with zero attached hydrogens (tertiary/aromatic N) is 1. The van der Waals surface area contributed by atoms with Crippen LogP contribution in [0.5, 0.6) is 0 Å². The molecule has 77 valence electrons. The molecule has 0 saturated carbocycles. The Morgan fingerprint density at radius 1 is 1.27 bits per heavy atom. The first-order valence-electron chi connectivity index (χ1n) is 3.57. The number of benzene rings is 1. The fourth-order valence-electron chi connectivity index (χ4n) is 0.925. The summed E-state index contributed by atoms with van der Waals surface area (Å²) in [4.78, 5) is 9.65. The van der Waals surface area contributed by atoms with E-state index in [4.69, 9.17) is 4.55 Å². The van der Waals surface area contributed by atoms with Gasteiger partial charge in [0.15, 0.2) is 0 Å². The van der Waals surface area contributed by atoms with Gasteiger partial charge in [-0.3, -0.25) is 14.7 Å². The second-order valence-corrected chi connectivity index (χ2v) is 4.10. The van der Waals surface area contributed by atoms with E-state index >= 15 is 0 Å². The summed E-state index contributed by atoms with van der Waals surface area (Å²) in [7, 11) is -4.08. The Kier molecular flexibility index (Phi) is 5.39. The number of rotatable bonds is 3. The normalized spacial score (nSPS) is 10.5. The van der Waals surface area contributed by atoms with E-state index in [0.29, 0.717) is 5.56 Å². The van der Waals surface area contributed by atoms with Gasteiger partial charge in [0, 0.05) is 41.7 Å². The Hall–Kier alpha value is -0.470. The van der Waals surface area contributed by atoms with Gasteiger partial charge in [-0.15, -0.1) is 0 Å². The average molecular weight is 240 g/mol. The summed E-state index contributed by atoms with van der Waals surface area (Å²) in [5.74, 6) is -0.537. The third-order valence-electron chi connectivity index (χ3n) is 1.50. The first-order valence-corrected chi connectivity index (χ1v) is 5.18. The fraction of sp³-hybridized carbons (Fsp3) is 0.143. The van der Waals surface area contributed by atoms with Gasteiger partial charge < -0.3 is 0 Å². The fourth-order valence-corrected chi connectivity index (χ4v) is 1.54. The summed E-state index contributed by atoms with van der Waals surface area (Å²) >= 11 is 0. The molecule has 8 heteroatoms. The van der Waals surface area contributed by atoms with Crippen LogP contribution in [0, 0.1) is 10.1 Å². The van der Waals surface area contributed by atoms with Crippen LogP contribution in [-0.2, 0) is 15.9 Å². The quantitative estimate of drug-likeness (QED) is 0.361. The van der Waals surface area contributed by atoms with Gasteiger partial charge >= 0.3 is 0 Å². The summed E-state index contributed by atoms with van der Waals surface area (Å²) in [5.41, 5.74) is 0.183. The number of nitro groups is 1. The molecule has 0 aliphatic rings. The summed E-state index contributed by atoms with van der Waals surface area (Å²) in [6, 6.07) is 4.93. The van der Waals surface area contributed by atoms with Crippen molar-refractivity contribution in [2.75, 3.05) is 0 Å². The van der Waals surface area contributed by atoms with Crippen molar-refractivity contribution < 1.29 is 17.9 Å². The van der Waals surface area contributed by atoms with Gasteiger partial charge in [-0.2, -0.15) is 8.42 Å². The Morgan fingerprint density at radius 3 is 2.07 bits per heavy atom.